The van der Waals surface area contributed by atoms with Crippen LogP contribution >= 0.6 is 0 Å². The predicted octanol–water partition coefficient (Wildman–Crippen LogP) is -2.30. The van der Waals surface area contributed by atoms with Crippen LogP contribution < -0.4 is 0 Å². The Morgan fingerprint density at radius 3 is 1.00 bits per heavy atom. The van der Waals surface area contributed by atoms with Gasteiger partial charge < -0.3 is 11.0 Å². The maximum absolute atomic E-state index is 8.74. The van der Waals surface area contributed by atoms with Crippen LogP contribution in [0.5, 0.6) is 0 Å². The van der Waals surface area contributed by atoms with Crippen molar-refractivity contribution in [3.05, 3.63) is 0 Å². The molecule has 0 aromatic heterocycles. The van der Waals surface area contributed by atoms with Crippen molar-refractivity contribution >= 4 is 10.4 Å². The van der Waals surface area contributed by atoms with Crippen LogP contribution in [0.3, 0.4) is 0 Å². The van der Waals surface area contributed by atoms with Crippen LogP contribution in [0, 0.1) is 39.9 Å². The second-order valence-corrected chi connectivity index (χ2v) is 1.34. The van der Waals surface area contributed by atoms with E-state index >= 15 is 0 Å². The van der Waals surface area contributed by atoms with E-state index in [1.54, 1.807) is 0 Å². The molecule has 0 saturated carbocycles. The van der Waals surface area contributed by atoms with Crippen LogP contribution in [0.4, 0.5) is 0 Å². The van der Waals surface area contributed by atoms with Gasteiger partial charge >= 0.3 is 10.4 Å². The van der Waals surface area contributed by atoms with Crippen LogP contribution in [0.15, 0.2) is 0 Å². The zero-order chi connectivity index (χ0) is 4.50. The molecule has 0 heterocycles. The molecule has 0 aliphatic rings. The Balaban J connectivity index is -0.0000000267. The van der Waals surface area contributed by atoms with Crippen molar-refractivity contribution in [1.29, 1.82) is 0 Å². The standard InChI is InChI=1S/H2O4S.2H2O.Th/c1-5(2,3)4;;;/h(H2,1,2,3,4);2*1H2;. The van der Waals surface area contributed by atoms with Gasteiger partial charge in [-0.15, -0.1) is 0 Å². The second kappa shape index (κ2) is 8.11. The van der Waals surface area contributed by atoms with E-state index in [1.807, 2.05) is 0 Å². The predicted molar refractivity (Wildman–Crippen MR) is 21.4 cm³/mol. The molecule has 8 heteroatoms. The molecule has 0 saturated heterocycles. The zero-order valence-corrected chi connectivity index (χ0v) is 8.55. The van der Waals surface area contributed by atoms with E-state index in [0.29, 0.717) is 0 Å². The third-order valence-corrected chi connectivity index (χ3v) is 0. The van der Waals surface area contributed by atoms with E-state index in [1.165, 1.54) is 0 Å². The molecule has 0 bridgehead atoms. The third-order valence-electron chi connectivity index (χ3n) is 0. The summed E-state index contributed by atoms with van der Waals surface area (Å²) in [6, 6.07) is 0. The topological polar surface area (TPSA) is 138 Å². The van der Waals surface area contributed by atoms with Crippen LogP contribution in [-0.4, -0.2) is 28.5 Å². The molecule has 0 radical (unpaired) electrons. The Kier molecular flexibility index (Phi) is 23.3. The third kappa shape index (κ3) is 214. The quantitative estimate of drug-likeness (QED) is 0.466. The van der Waals surface area contributed by atoms with Gasteiger partial charge in [-0.25, -0.2) is 0 Å². The van der Waals surface area contributed by atoms with Gasteiger partial charge in [0.05, 0.1) is 0 Å². The molecule has 0 aromatic rings. The Hall–Kier alpha value is 1.11. The number of rotatable bonds is 0. The van der Waals surface area contributed by atoms with Crippen LogP contribution in [0.2, 0.25) is 0 Å². The largest absolute Gasteiger partial charge is 0.412 e. The van der Waals surface area contributed by atoms with Crippen molar-refractivity contribution in [2.24, 2.45) is 0 Å². The van der Waals surface area contributed by atoms with Crippen molar-refractivity contribution in [3.8, 4) is 0 Å². The van der Waals surface area contributed by atoms with E-state index in [0.717, 1.165) is 0 Å². The van der Waals surface area contributed by atoms with Gasteiger partial charge in [-0.2, -0.15) is 8.42 Å². The van der Waals surface area contributed by atoms with Crippen LogP contribution in [-0.2, 0) is 10.4 Å². The van der Waals surface area contributed by atoms with Gasteiger partial charge in [0.25, 0.3) is 0 Å². The summed E-state index contributed by atoms with van der Waals surface area (Å²) in [5.41, 5.74) is 0. The van der Waals surface area contributed by atoms with Gasteiger partial charge in [0.2, 0.25) is 0 Å². The van der Waals surface area contributed by atoms with Crippen molar-refractivity contribution in [3.63, 3.8) is 0 Å². The summed E-state index contributed by atoms with van der Waals surface area (Å²) >= 11 is 0. The molecular weight excluding hydrogens is 360 g/mol. The molecule has 0 rings (SSSR count). The Bertz CT molecular complexity index is 91.7. The van der Waals surface area contributed by atoms with E-state index in [-0.39, 0.29) is 50.9 Å². The smallest absolute Gasteiger partial charge is 0.394 e. The normalized spacial score (nSPS) is 7.25. The Morgan fingerprint density at radius 1 is 1.00 bits per heavy atom. The fourth-order valence-electron chi connectivity index (χ4n) is 0. The fourth-order valence-corrected chi connectivity index (χ4v) is 0. The first-order valence-electron chi connectivity index (χ1n) is 0.698. The molecule has 6 nitrogen and oxygen atoms in total. The summed E-state index contributed by atoms with van der Waals surface area (Å²) in [5.74, 6) is 0. The van der Waals surface area contributed by atoms with Crippen molar-refractivity contribution < 1.29 is 68.4 Å². The molecule has 0 aromatic carbocycles. The first-order valence-corrected chi connectivity index (χ1v) is 2.10. The first-order chi connectivity index (χ1) is 2.00. The number of hydrogen-bond acceptors (Lipinski definition) is 2. The molecule has 0 aliphatic carbocycles. The van der Waals surface area contributed by atoms with Crippen molar-refractivity contribution in [1.82, 2.24) is 0 Å². The fraction of sp³-hybridized carbons (Fsp3) is 0. The van der Waals surface area contributed by atoms with Gasteiger partial charge in [-0.05, 0) is 0 Å². The summed E-state index contributed by atoms with van der Waals surface area (Å²) in [4.78, 5) is 0. The molecule has 0 aliphatic heterocycles. The SMILES string of the molecule is O.O.O=S(=O)(O)O.[Th]. The Labute approximate surface area is 78.2 Å². The summed E-state index contributed by atoms with van der Waals surface area (Å²) < 4.78 is 31.6. The molecule has 52 valence electrons. The van der Waals surface area contributed by atoms with E-state index in [4.69, 9.17) is 17.5 Å². The van der Waals surface area contributed by atoms with Crippen molar-refractivity contribution in [2.45, 2.75) is 0 Å². The molecule has 0 unspecified atom stereocenters. The molecule has 0 fully saturated rings. The summed E-state index contributed by atoms with van der Waals surface area (Å²) in [6.45, 7) is 0. The summed E-state index contributed by atoms with van der Waals surface area (Å²) in [6.07, 6.45) is 0. The van der Waals surface area contributed by atoms with E-state index in [2.05, 4.69) is 0 Å². The molecule has 0 atom stereocenters. The Morgan fingerprint density at radius 2 is 1.00 bits per heavy atom. The van der Waals surface area contributed by atoms with E-state index < -0.39 is 10.4 Å². The van der Waals surface area contributed by atoms with Gasteiger partial charge in [0, 0.05) is 39.9 Å². The van der Waals surface area contributed by atoms with Crippen LogP contribution in [0.25, 0.3) is 0 Å². The maximum Gasteiger partial charge on any atom is 0.394 e. The van der Waals surface area contributed by atoms with Gasteiger partial charge in [-0.3, -0.25) is 9.11 Å². The van der Waals surface area contributed by atoms with Gasteiger partial charge in [-0.1, -0.05) is 0 Å². The van der Waals surface area contributed by atoms with Gasteiger partial charge in [0.15, 0.2) is 0 Å². The first kappa shape index (κ1) is 22.9. The zero-order valence-electron chi connectivity index (χ0n) is 3.62. The average Bonchev–Trinajstić information content (AvgIpc) is 0.722. The van der Waals surface area contributed by atoms with E-state index in [9.17, 15) is 0 Å². The minimum Gasteiger partial charge on any atom is -0.412 e. The maximum atomic E-state index is 8.74. The monoisotopic (exact) mass is 366 g/mol. The summed E-state index contributed by atoms with van der Waals surface area (Å²) in [7, 11) is -4.67. The molecule has 0 spiro atoms. The molecular formula is H6O6STh. The van der Waals surface area contributed by atoms with Crippen LogP contribution in [0.1, 0.15) is 0 Å². The average molecular weight is 366 g/mol. The van der Waals surface area contributed by atoms with Gasteiger partial charge in [0.1, 0.15) is 0 Å². The molecule has 6 N–H and O–H groups in total. The van der Waals surface area contributed by atoms with Crippen molar-refractivity contribution in [2.75, 3.05) is 0 Å². The second-order valence-electron chi connectivity index (χ2n) is 0.448. The minimum atomic E-state index is -4.67. The minimum absolute atomic E-state index is 0. The summed E-state index contributed by atoms with van der Waals surface area (Å²) in [5, 5.41) is 0. The molecule has 0 amide bonds. The molecule has 8 heavy (non-hydrogen) atoms. The number of hydrogen-bond donors (Lipinski definition) is 2.